The van der Waals surface area contributed by atoms with Crippen molar-refractivity contribution in [2.24, 2.45) is 11.7 Å². The van der Waals surface area contributed by atoms with Gasteiger partial charge in [-0.25, -0.2) is 0 Å². The smallest absolute Gasteiger partial charge is 0.0323 e. The van der Waals surface area contributed by atoms with Crippen LogP contribution in [0.15, 0.2) is 20.9 Å². The predicted octanol–water partition coefficient (Wildman–Crippen LogP) is 2.19. The zero-order valence-electron chi connectivity index (χ0n) is 5.61. The monoisotopic (exact) mass is 235 g/mol. The third-order valence-corrected chi connectivity index (χ3v) is 2.71. The predicted molar refractivity (Wildman–Crippen MR) is 48.2 cm³/mol. The highest BCUT2D eigenvalue weighted by atomic mass is 127. The summed E-state index contributed by atoms with van der Waals surface area (Å²) in [4.78, 5) is 0. The minimum atomic E-state index is 0.469. The Kier molecular flexibility index (Phi) is 1.84. The first kappa shape index (κ1) is 7.12. The van der Waals surface area contributed by atoms with Gasteiger partial charge in [0, 0.05) is 15.2 Å². The van der Waals surface area contributed by atoms with E-state index in [9.17, 15) is 0 Å². The fourth-order valence-electron chi connectivity index (χ4n) is 0.860. The van der Waals surface area contributed by atoms with Gasteiger partial charge in [0.25, 0.3) is 0 Å². The number of rotatable bonds is 0. The van der Waals surface area contributed by atoms with E-state index in [0.29, 0.717) is 5.92 Å². The van der Waals surface area contributed by atoms with Crippen LogP contribution in [0, 0.1) is 5.92 Å². The van der Waals surface area contributed by atoms with Gasteiger partial charge in [0.15, 0.2) is 0 Å². The Morgan fingerprint density at radius 3 is 2.33 bits per heavy atom. The summed E-state index contributed by atoms with van der Waals surface area (Å²) in [6, 6.07) is 0. The third-order valence-electron chi connectivity index (χ3n) is 1.78. The van der Waals surface area contributed by atoms with E-state index in [1.165, 1.54) is 9.15 Å². The molecule has 2 N–H and O–H groups in total. The molecule has 0 aromatic heterocycles. The zero-order chi connectivity index (χ0) is 7.02. The van der Waals surface area contributed by atoms with Crippen molar-refractivity contribution in [2.75, 3.05) is 0 Å². The molecule has 0 fully saturated rings. The molecule has 1 aliphatic carbocycles. The fraction of sp³-hybridized carbons (Fsp3) is 0.429. The van der Waals surface area contributed by atoms with Crippen LogP contribution in [0.25, 0.3) is 0 Å². The van der Waals surface area contributed by atoms with E-state index < -0.39 is 0 Å². The second-order valence-electron chi connectivity index (χ2n) is 2.41. The molecule has 0 amide bonds. The molecule has 0 spiro atoms. The summed E-state index contributed by atoms with van der Waals surface area (Å²) < 4.78 is 1.21. The number of allylic oxidation sites excluding steroid dienone is 3. The van der Waals surface area contributed by atoms with Crippen LogP contribution in [0.4, 0.5) is 0 Å². The summed E-state index contributed by atoms with van der Waals surface area (Å²) in [5.74, 6) is 0.469. The Labute approximate surface area is 69.1 Å². The third kappa shape index (κ3) is 1.13. The molecule has 9 heavy (non-hydrogen) atoms. The van der Waals surface area contributed by atoms with Crippen LogP contribution in [0.3, 0.4) is 0 Å². The number of hydrogen-bond acceptors (Lipinski definition) is 1. The molecular formula is C7H10IN. The number of hydrogen-bond donors (Lipinski definition) is 1. The SMILES string of the molecule is CC1=CC(I)=C(N)C1C. The van der Waals surface area contributed by atoms with Crippen LogP contribution >= 0.6 is 22.6 Å². The van der Waals surface area contributed by atoms with Crippen molar-refractivity contribution in [3.05, 3.63) is 20.9 Å². The van der Waals surface area contributed by atoms with E-state index in [4.69, 9.17) is 5.73 Å². The van der Waals surface area contributed by atoms with Crippen molar-refractivity contribution in [1.29, 1.82) is 0 Å². The van der Waals surface area contributed by atoms with Crippen molar-refractivity contribution in [1.82, 2.24) is 0 Å². The van der Waals surface area contributed by atoms with E-state index in [0.717, 1.165) is 5.70 Å². The average Bonchev–Trinajstić information content (AvgIpc) is 1.98. The number of halogens is 1. The first-order valence-corrected chi connectivity index (χ1v) is 4.04. The lowest BCUT2D eigenvalue weighted by Crippen LogP contribution is -2.05. The molecule has 0 radical (unpaired) electrons. The van der Waals surface area contributed by atoms with Crippen LogP contribution in [-0.2, 0) is 0 Å². The topological polar surface area (TPSA) is 26.0 Å². The summed E-state index contributed by atoms with van der Waals surface area (Å²) >= 11 is 2.27. The number of nitrogens with two attached hydrogens (primary N) is 1. The van der Waals surface area contributed by atoms with E-state index in [-0.39, 0.29) is 0 Å². The summed E-state index contributed by atoms with van der Waals surface area (Å²) in [5, 5.41) is 0. The molecule has 0 aliphatic heterocycles. The molecule has 1 unspecified atom stereocenters. The lowest BCUT2D eigenvalue weighted by Gasteiger charge is -2.04. The molecule has 2 heteroatoms. The van der Waals surface area contributed by atoms with Gasteiger partial charge in [-0.3, -0.25) is 0 Å². The standard InChI is InChI=1S/C7H10IN/c1-4-3-6(8)7(9)5(4)2/h3,5H,9H2,1-2H3. The largest absolute Gasteiger partial charge is 0.401 e. The van der Waals surface area contributed by atoms with Gasteiger partial charge in [-0.15, -0.1) is 0 Å². The Balaban J connectivity index is 2.92. The lowest BCUT2D eigenvalue weighted by molar-refractivity contribution is 0.808. The molecule has 0 bridgehead atoms. The van der Waals surface area contributed by atoms with Gasteiger partial charge in [-0.2, -0.15) is 0 Å². The van der Waals surface area contributed by atoms with Gasteiger partial charge in [0.1, 0.15) is 0 Å². The van der Waals surface area contributed by atoms with E-state index >= 15 is 0 Å². The Hall–Kier alpha value is 0.01000. The maximum Gasteiger partial charge on any atom is 0.0323 e. The minimum absolute atomic E-state index is 0.469. The highest BCUT2D eigenvalue weighted by molar-refractivity contribution is 14.1. The Morgan fingerprint density at radius 2 is 2.22 bits per heavy atom. The first-order valence-electron chi connectivity index (χ1n) is 2.96. The van der Waals surface area contributed by atoms with Crippen molar-refractivity contribution in [3.8, 4) is 0 Å². The van der Waals surface area contributed by atoms with Crippen LogP contribution < -0.4 is 5.73 Å². The van der Waals surface area contributed by atoms with Gasteiger partial charge >= 0.3 is 0 Å². The maximum atomic E-state index is 5.73. The minimum Gasteiger partial charge on any atom is -0.401 e. The van der Waals surface area contributed by atoms with Crippen LogP contribution in [-0.4, -0.2) is 0 Å². The first-order chi connectivity index (χ1) is 4.13. The molecule has 1 atom stereocenters. The molecule has 0 aromatic carbocycles. The lowest BCUT2D eigenvalue weighted by atomic mass is 10.1. The maximum absolute atomic E-state index is 5.73. The van der Waals surface area contributed by atoms with Crippen LogP contribution in [0.2, 0.25) is 0 Å². The highest BCUT2D eigenvalue weighted by Crippen LogP contribution is 2.30. The van der Waals surface area contributed by atoms with Crippen molar-refractivity contribution >= 4 is 22.6 Å². The molecule has 1 rings (SSSR count). The molecule has 50 valence electrons. The Morgan fingerprint density at radius 1 is 1.67 bits per heavy atom. The van der Waals surface area contributed by atoms with Gasteiger partial charge in [0.05, 0.1) is 0 Å². The zero-order valence-corrected chi connectivity index (χ0v) is 7.77. The summed E-state index contributed by atoms with van der Waals surface area (Å²) in [7, 11) is 0. The molecular weight excluding hydrogens is 225 g/mol. The van der Waals surface area contributed by atoms with Gasteiger partial charge in [-0.05, 0) is 35.6 Å². The fourth-order valence-corrected chi connectivity index (χ4v) is 1.82. The van der Waals surface area contributed by atoms with Gasteiger partial charge in [-0.1, -0.05) is 12.5 Å². The molecule has 0 heterocycles. The molecule has 0 saturated heterocycles. The quantitative estimate of drug-likeness (QED) is 0.640. The van der Waals surface area contributed by atoms with E-state index in [2.05, 4.69) is 42.5 Å². The summed E-state index contributed by atoms with van der Waals surface area (Å²) in [6.45, 7) is 4.25. The van der Waals surface area contributed by atoms with Crippen molar-refractivity contribution < 1.29 is 0 Å². The summed E-state index contributed by atoms with van der Waals surface area (Å²) in [6.07, 6.45) is 2.14. The molecule has 1 nitrogen and oxygen atoms in total. The van der Waals surface area contributed by atoms with E-state index in [1.807, 2.05) is 0 Å². The highest BCUT2D eigenvalue weighted by Gasteiger charge is 2.16. The van der Waals surface area contributed by atoms with Crippen LogP contribution in [0.1, 0.15) is 13.8 Å². The van der Waals surface area contributed by atoms with E-state index in [1.54, 1.807) is 0 Å². The van der Waals surface area contributed by atoms with Crippen molar-refractivity contribution in [2.45, 2.75) is 13.8 Å². The molecule has 1 aliphatic rings. The normalized spacial score (nSPS) is 27.0. The second kappa shape index (κ2) is 2.33. The molecule has 0 saturated carbocycles. The van der Waals surface area contributed by atoms with Crippen LogP contribution in [0.5, 0.6) is 0 Å². The van der Waals surface area contributed by atoms with Gasteiger partial charge in [0.2, 0.25) is 0 Å². The van der Waals surface area contributed by atoms with Gasteiger partial charge < -0.3 is 5.73 Å². The van der Waals surface area contributed by atoms with Crippen molar-refractivity contribution in [3.63, 3.8) is 0 Å². The average molecular weight is 235 g/mol. The summed E-state index contributed by atoms with van der Waals surface area (Å²) in [5.41, 5.74) is 8.13. The second-order valence-corrected chi connectivity index (χ2v) is 3.58. The molecule has 0 aromatic rings. The Bertz CT molecular complexity index is 191.